The molecular weight excluding hydrogens is 236 g/mol. The number of nitrogens with one attached hydrogen (secondary N) is 1. The molecule has 2 aliphatic rings. The van der Waals surface area contributed by atoms with Gasteiger partial charge in [-0.05, 0) is 18.3 Å². The van der Waals surface area contributed by atoms with Crippen molar-refractivity contribution in [1.29, 1.82) is 0 Å². The van der Waals surface area contributed by atoms with Crippen LogP contribution in [0.15, 0.2) is 0 Å². The van der Waals surface area contributed by atoms with Gasteiger partial charge in [0.1, 0.15) is 6.04 Å². The molecule has 102 valence electrons. The summed E-state index contributed by atoms with van der Waals surface area (Å²) in [6.45, 7) is 6.13. The zero-order valence-corrected chi connectivity index (χ0v) is 10.9. The molecule has 4 atom stereocenters. The van der Waals surface area contributed by atoms with E-state index in [1.165, 1.54) is 0 Å². The van der Waals surface area contributed by atoms with Crippen LogP contribution in [-0.2, 0) is 9.59 Å². The third-order valence-electron chi connectivity index (χ3n) is 3.89. The molecule has 0 aromatic rings. The zero-order chi connectivity index (χ0) is 13.7. The van der Waals surface area contributed by atoms with Crippen LogP contribution in [0.4, 0.5) is 0 Å². The molecule has 6 heteroatoms. The van der Waals surface area contributed by atoms with E-state index in [0.717, 1.165) is 13.0 Å². The Labute approximate surface area is 106 Å². The summed E-state index contributed by atoms with van der Waals surface area (Å²) in [4.78, 5) is 24.7. The van der Waals surface area contributed by atoms with Gasteiger partial charge >= 0.3 is 11.9 Å². The number of fused-ring (bicyclic) bond motifs is 1. The zero-order valence-electron chi connectivity index (χ0n) is 10.9. The maximum absolute atomic E-state index is 11.5. The maximum Gasteiger partial charge on any atom is 0.339 e. The van der Waals surface area contributed by atoms with Gasteiger partial charge in [0.05, 0.1) is 0 Å². The SMILES string of the molecule is CC(C)(C)[C@H](NC1(C(=O)O)CCC2CN21)C(=O)O. The van der Waals surface area contributed by atoms with Gasteiger partial charge in [0, 0.05) is 12.6 Å². The second-order valence-electron chi connectivity index (χ2n) is 6.29. The van der Waals surface area contributed by atoms with Crippen LogP contribution in [0.5, 0.6) is 0 Å². The van der Waals surface area contributed by atoms with Crippen molar-refractivity contribution in [2.24, 2.45) is 5.41 Å². The van der Waals surface area contributed by atoms with Crippen LogP contribution in [0.3, 0.4) is 0 Å². The number of rotatable bonds is 4. The lowest BCUT2D eigenvalue weighted by Crippen LogP contribution is -2.64. The number of carboxylic acids is 2. The molecule has 0 radical (unpaired) electrons. The molecule has 3 unspecified atom stereocenters. The fraction of sp³-hybridized carbons (Fsp3) is 0.833. The molecule has 2 rings (SSSR count). The molecule has 3 N–H and O–H groups in total. The van der Waals surface area contributed by atoms with Gasteiger partial charge < -0.3 is 10.2 Å². The fourth-order valence-electron chi connectivity index (χ4n) is 2.75. The van der Waals surface area contributed by atoms with Gasteiger partial charge in [-0.1, -0.05) is 20.8 Å². The average molecular weight is 256 g/mol. The van der Waals surface area contributed by atoms with Crippen LogP contribution < -0.4 is 5.32 Å². The Morgan fingerprint density at radius 2 is 2.00 bits per heavy atom. The first-order valence-electron chi connectivity index (χ1n) is 6.19. The predicted molar refractivity (Wildman–Crippen MR) is 64.1 cm³/mol. The van der Waals surface area contributed by atoms with E-state index in [0.29, 0.717) is 12.5 Å². The number of hydrogen-bond donors (Lipinski definition) is 3. The van der Waals surface area contributed by atoms with Crippen molar-refractivity contribution in [2.45, 2.75) is 51.4 Å². The first kappa shape index (κ1) is 13.3. The minimum Gasteiger partial charge on any atom is -0.480 e. The van der Waals surface area contributed by atoms with E-state index in [1.807, 2.05) is 4.90 Å². The molecule has 18 heavy (non-hydrogen) atoms. The van der Waals surface area contributed by atoms with Crippen molar-refractivity contribution >= 4 is 11.9 Å². The smallest absolute Gasteiger partial charge is 0.339 e. The van der Waals surface area contributed by atoms with Gasteiger partial charge in [0.25, 0.3) is 0 Å². The Hall–Kier alpha value is -1.14. The number of aliphatic carboxylic acids is 2. The molecule has 2 fully saturated rings. The number of nitrogens with zero attached hydrogens (tertiary/aromatic N) is 1. The van der Waals surface area contributed by atoms with Gasteiger partial charge in [-0.25, -0.2) is 4.79 Å². The molecular formula is C12H20N2O4. The van der Waals surface area contributed by atoms with Gasteiger partial charge in [0.15, 0.2) is 5.66 Å². The molecule has 2 aliphatic heterocycles. The highest BCUT2D eigenvalue weighted by molar-refractivity contribution is 5.82. The van der Waals surface area contributed by atoms with E-state index in [4.69, 9.17) is 0 Å². The Bertz CT molecular complexity index is 390. The summed E-state index contributed by atoms with van der Waals surface area (Å²) < 4.78 is 0. The standard InChI is InChI=1S/C12H20N2O4/c1-11(2,3)8(9(15)16)13-12(10(17)18)5-4-7-6-14(7)12/h7-8,13H,4-6H2,1-3H3,(H,15,16)(H,17,18)/t7?,8-,12?,14?/m1/s1. The van der Waals surface area contributed by atoms with Crippen LogP contribution in [-0.4, -0.2) is 51.3 Å². The van der Waals surface area contributed by atoms with Gasteiger partial charge in [0.2, 0.25) is 0 Å². The van der Waals surface area contributed by atoms with Crippen molar-refractivity contribution in [1.82, 2.24) is 10.2 Å². The molecule has 0 spiro atoms. The van der Waals surface area contributed by atoms with Crippen molar-refractivity contribution in [3.05, 3.63) is 0 Å². The van der Waals surface area contributed by atoms with Crippen LogP contribution in [0, 0.1) is 5.41 Å². The maximum atomic E-state index is 11.5. The van der Waals surface area contributed by atoms with Crippen LogP contribution in [0.25, 0.3) is 0 Å². The summed E-state index contributed by atoms with van der Waals surface area (Å²) in [7, 11) is 0. The largest absolute Gasteiger partial charge is 0.480 e. The van der Waals surface area contributed by atoms with Crippen LogP contribution in [0.2, 0.25) is 0 Å². The quantitative estimate of drug-likeness (QED) is 0.628. The van der Waals surface area contributed by atoms with E-state index < -0.39 is 29.1 Å². The summed E-state index contributed by atoms with van der Waals surface area (Å²) in [6, 6.07) is -0.573. The summed E-state index contributed by atoms with van der Waals surface area (Å²) in [5, 5.41) is 21.6. The Morgan fingerprint density at radius 3 is 2.28 bits per heavy atom. The number of piperidine rings is 1. The highest BCUT2D eigenvalue weighted by Crippen LogP contribution is 2.43. The van der Waals surface area contributed by atoms with E-state index in [1.54, 1.807) is 20.8 Å². The second kappa shape index (κ2) is 3.93. The summed E-state index contributed by atoms with van der Waals surface area (Å²) in [5.41, 5.74) is -1.73. The van der Waals surface area contributed by atoms with Gasteiger partial charge in [-0.2, -0.15) is 0 Å². The lowest BCUT2D eigenvalue weighted by atomic mass is 9.85. The highest BCUT2D eigenvalue weighted by Gasteiger charge is 2.61. The monoisotopic (exact) mass is 256 g/mol. The second-order valence-corrected chi connectivity index (χ2v) is 6.29. The third kappa shape index (κ3) is 1.99. The van der Waals surface area contributed by atoms with Crippen molar-refractivity contribution in [3.8, 4) is 0 Å². The Kier molecular flexibility index (Phi) is 2.90. The lowest BCUT2D eigenvalue weighted by molar-refractivity contribution is -0.153. The Morgan fingerprint density at radius 1 is 1.39 bits per heavy atom. The molecule has 0 amide bonds. The van der Waals surface area contributed by atoms with Crippen LogP contribution >= 0.6 is 0 Å². The number of carbonyl (C=O) groups is 2. The fourth-order valence-corrected chi connectivity index (χ4v) is 2.75. The van der Waals surface area contributed by atoms with Crippen LogP contribution in [0.1, 0.15) is 33.6 Å². The highest BCUT2D eigenvalue weighted by atomic mass is 16.4. The van der Waals surface area contributed by atoms with E-state index >= 15 is 0 Å². The first-order chi connectivity index (χ1) is 8.18. The normalized spacial score (nSPS) is 35.9. The summed E-state index contributed by atoms with van der Waals surface area (Å²) in [5.74, 6) is -1.98. The van der Waals surface area contributed by atoms with Crippen molar-refractivity contribution in [2.75, 3.05) is 6.54 Å². The number of hydrogen-bond acceptors (Lipinski definition) is 4. The summed E-state index contributed by atoms with van der Waals surface area (Å²) in [6.07, 6.45) is 1.28. The Balaban J connectivity index is 2.24. The summed E-state index contributed by atoms with van der Waals surface area (Å²) >= 11 is 0. The van der Waals surface area contributed by atoms with Gasteiger partial charge in [-0.15, -0.1) is 0 Å². The average Bonchev–Trinajstić information content (AvgIpc) is 2.89. The third-order valence-corrected chi connectivity index (χ3v) is 3.89. The van der Waals surface area contributed by atoms with E-state index in [-0.39, 0.29) is 0 Å². The van der Waals surface area contributed by atoms with E-state index in [9.17, 15) is 19.8 Å². The molecule has 0 bridgehead atoms. The minimum atomic E-state index is -1.19. The van der Waals surface area contributed by atoms with Crippen molar-refractivity contribution in [3.63, 3.8) is 0 Å². The van der Waals surface area contributed by atoms with Crippen molar-refractivity contribution < 1.29 is 19.8 Å². The van der Waals surface area contributed by atoms with Gasteiger partial charge in [-0.3, -0.25) is 15.0 Å². The predicted octanol–water partition coefficient (Wildman–Crippen LogP) is 0.334. The minimum absolute atomic E-state index is 0.308. The number of carboxylic acid groups (broad SMARTS) is 2. The lowest BCUT2D eigenvalue weighted by Gasteiger charge is -2.37. The first-order valence-corrected chi connectivity index (χ1v) is 6.19. The molecule has 0 aromatic heterocycles. The molecule has 2 heterocycles. The molecule has 0 aromatic carbocycles. The molecule has 0 saturated carbocycles. The topological polar surface area (TPSA) is 89.6 Å². The molecule has 0 aliphatic carbocycles. The molecule has 2 saturated heterocycles. The van der Waals surface area contributed by atoms with E-state index in [2.05, 4.69) is 5.32 Å². The molecule has 6 nitrogen and oxygen atoms in total.